The third kappa shape index (κ3) is 8.53. The summed E-state index contributed by atoms with van der Waals surface area (Å²) >= 11 is 1.93. The Morgan fingerprint density at radius 3 is 1.97 bits per heavy atom. The van der Waals surface area contributed by atoms with Crippen LogP contribution in [-0.2, 0) is 36.4 Å². The number of halogens is 1. The molecule has 0 amide bonds. The number of pyridine rings is 2. The fourth-order valence-corrected chi connectivity index (χ4v) is 10.7. The van der Waals surface area contributed by atoms with Crippen molar-refractivity contribution < 1.29 is 24.5 Å². The van der Waals surface area contributed by atoms with E-state index in [4.69, 9.17) is 4.98 Å². The minimum atomic E-state index is -0.275. The predicted molar refractivity (Wildman–Crippen MR) is 278 cm³/mol. The summed E-state index contributed by atoms with van der Waals surface area (Å²) in [6.45, 7) is 25.2. The number of aromatic nitrogens is 3. The summed E-state index contributed by atoms with van der Waals surface area (Å²) < 4.78 is 15.3. The molecule has 2 aliphatic rings. The van der Waals surface area contributed by atoms with E-state index in [9.17, 15) is 4.39 Å². The van der Waals surface area contributed by atoms with E-state index >= 15 is 0 Å². The van der Waals surface area contributed by atoms with Gasteiger partial charge < -0.3 is 14.5 Å². The van der Waals surface area contributed by atoms with Crippen molar-refractivity contribution in [2.45, 2.75) is 102 Å². The molecule has 67 heavy (non-hydrogen) atoms. The Bertz CT molecular complexity index is 3370. The quantitative estimate of drug-likeness (QED) is 0.130. The normalized spacial score (nSPS) is 12.9. The first kappa shape index (κ1) is 46.5. The second-order valence-electron chi connectivity index (χ2n) is 21.3. The van der Waals surface area contributed by atoms with Crippen LogP contribution >= 0.6 is 11.8 Å². The number of rotatable bonds is 3. The van der Waals surface area contributed by atoms with Gasteiger partial charge in [-0.25, -0.2) is 0 Å². The predicted octanol–water partition coefficient (Wildman–Crippen LogP) is 13.8. The number of fused-ring (bicyclic) bond motifs is 7. The molecule has 337 valence electrons. The van der Waals surface area contributed by atoms with Gasteiger partial charge in [-0.2, -0.15) is 0 Å². The number of aryl methyl sites for hydroxylation is 2. The van der Waals surface area contributed by atoms with Gasteiger partial charge in [0.15, 0.2) is 0 Å². The van der Waals surface area contributed by atoms with Crippen LogP contribution in [-0.4, -0.2) is 21.2 Å². The molecule has 0 atom stereocenters. The number of hydrogen-bond donors (Lipinski definition) is 0. The maximum Gasteiger partial charge on any atom is 0.249 e. The molecular formula is C60H55BFIrN3S-2. The Hall–Kier alpha value is -5.59. The van der Waals surface area contributed by atoms with Crippen LogP contribution < -0.4 is 16.4 Å². The molecule has 3 nitrogen and oxygen atoms in total. The summed E-state index contributed by atoms with van der Waals surface area (Å²) in [6.07, 6.45) is 3.76. The molecular weight excluding hydrogens is 1020 g/mol. The molecule has 3 aromatic heterocycles. The molecule has 0 spiro atoms. The molecule has 7 heteroatoms. The van der Waals surface area contributed by atoms with E-state index in [0.29, 0.717) is 0 Å². The molecule has 2 aliphatic heterocycles. The van der Waals surface area contributed by atoms with Crippen LogP contribution in [0.4, 0.5) is 4.39 Å². The molecule has 0 saturated carbocycles. The van der Waals surface area contributed by atoms with Gasteiger partial charge in [0.05, 0.1) is 5.52 Å². The summed E-state index contributed by atoms with van der Waals surface area (Å²) in [5.41, 5.74) is 20.7. The van der Waals surface area contributed by atoms with Crippen molar-refractivity contribution in [2.24, 2.45) is 0 Å². The van der Waals surface area contributed by atoms with Crippen LogP contribution in [0.15, 0.2) is 144 Å². The summed E-state index contributed by atoms with van der Waals surface area (Å²) in [6, 6.07) is 49.5. The molecule has 0 saturated heterocycles. The Labute approximate surface area is 414 Å². The fourth-order valence-electron chi connectivity index (χ4n) is 9.46. The van der Waals surface area contributed by atoms with Crippen molar-refractivity contribution in [3.63, 3.8) is 0 Å². The smallest absolute Gasteiger partial charge is 0.249 e. The van der Waals surface area contributed by atoms with Crippen LogP contribution in [0.2, 0.25) is 0 Å². The van der Waals surface area contributed by atoms with E-state index in [2.05, 4.69) is 169 Å². The van der Waals surface area contributed by atoms with Crippen LogP contribution in [0.5, 0.6) is 0 Å². The van der Waals surface area contributed by atoms with E-state index < -0.39 is 0 Å². The molecule has 0 aliphatic carbocycles. The van der Waals surface area contributed by atoms with E-state index in [0.717, 1.165) is 28.1 Å². The molecule has 0 N–H and O–H groups in total. The van der Waals surface area contributed by atoms with Gasteiger partial charge in [0.1, 0.15) is 0 Å². The summed E-state index contributed by atoms with van der Waals surface area (Å²) in [5, 5.41) is 2.69. The topological polar surface area (TPSA) is 30.7 Å². The van der Waals surface area contributed by atoms with Gasteiger partial charge in [0, 0.05) is 70.1 Å². The molecule has 0 unspecified atom stereocenters. The summed E-state index contributed by atoms with van der Waals surface area (Å²) in [5.74, 6) is -0.275. The molecule has 11 rings (SSSR count). The van der Waals surface area contributed by atoms with Crippen LogP contribution in [0.1, 0.15) is 90.1 Å². The van der Waals surface area contributed by atoms with Crippen molar-refractivity contribution >= 4 is 56.7 Å². The Morgan fingerprint density at radius 1 is 0.597 bits per heavy atom. The Balaban J connectivity index is 0.000000300. The fraction of sp³-hybridized carbons (Fsp3) is 0.233. The third-order valence-electron chi connectivity index (χ3n) is 13.5. The Morgan fingerprint density at radius 2 is 1.28 bits per heavy atom. The van der Waals surface area contributed by atoms with E-state index in [1.54, 1.807) is 6.07 Å². The van der Waals surface area contributed by atoms with Gasteiger partial charge in [0.25, 0.3) is 0 Å². The van der Waals surface area contributed by atoms with Crippen molar-refractivity contribution in [1.82, 2.24) is 14.5 Å². The average molecular weight is 1070 g/mol. The maximum atomic E-state index is 12.7. The zero-order valence-corrected chi connectivity index (χ0v) is 43.5. The van der Waals surface area contributed by atoms with Gasteiger partial charge >= 0.3 is 0 Å². The maximum absolute atomic E-state index is 12.7. The van der Waals surface area contributed by atoms with Gasteiger partial charge in [-0.05, 0) is 128 Å². The average Bonchev–Trinajstić information content (AvgIpc) is 3.62. The Kier molecular flexibility index (Phi) is 11.9. The number of hydrogen-bond acceptors (Lipinski definition) is 3. The van der Waals surface area contributed by atoms with Crippen molar-refractivity contribution in [1.29, 1.82) is 0 Å². The molecule has 9 aromatic rings. The number of nitrogens with zero attached hydrogens (tertiary/aromatic N) is 3. The summed E-state index contributed by atoms with van der Waals surface area (Å²) in [4.78, 5) is 11.7. The van der Waals surface area contributed by atoms with Crippen LogP contribution in [0.3, 0.4) is 0 Å². The SMILES string of the molecule is CC(C)(C)c1ccc2c(c1)B1c3c(cc(-c4ccnc(-c5[c-]cccc5)c4)cc3-n3c4ccc(C(C)(C)C)cc4c4cc(C(C)(C)C)cc1c43)S2.Cc1cnc(-c2[c-]cc(F)cc2)cc1C.[Ir]. The molecule has 5 heterocycles. The van der Waals surface area contributed by atoms with E-state index in [1.165, 1.54) is 99.2 Å². The van der Waals surface area contributed by atoms with E-state index in [1.807, 2.05) is 56.2 Å². The van der Waals surface area contributed by atoms with Gasteiger partial charge in [0.2, 0.25) is 6.71 Å². The van der Waals surface area contributed by atoms with E-state index in [-0.39, 0.29) is 48.9 Å². The molecule has 1 radical (unpaired) electrons. The van der Waals surface area contributed by atoms with Crippen molar-refractivity contribution in [3.8, 4) is 39.3 Å². The summed E-state index contributed by atoms with van der Waals surface area (Å²) in [7, 11) is 0. The zero-order valence-electron chi connectivity index (χ0n) is 40.2. The minimum Gasteiger partial charge on any atom is -0.310 e. The van der Waals surface area contributed by atoms with Gasteiger partial charge in [-0.1, -0.05) is 121 Å². The second-order valence-corrected chi connectivity index (χ2v) is 22.3. The number of benzene rings is 6. The second kappa shape index (κ2) is 17.2. The minimum absolute atomic E-state index is 0. The third-order valence-corrected chi connectivity index (χ3v) is 14.6. The van der Waals surface area contributed by atoms with Crippen LogP contribution in [0, 0.1) is 31.8 Å². The van der Waals surface area contributed by atoms with Crippen molar-refractivity contribution in [2.75, 3.05) is 0 Å². The van der Waals surface area contributed by atoms with Crippen LogP contribution in [0.25, 0.3) is 61.1 Å². The molecule has 0 fully saturated rings. The standard InChI is InChI=1S/C47H44BN2S.C13H11FN.Ir/c1-45(2,3)31-15-17-39-34(24-31)35-25-33(47(7,8)9)27-37-44(35)50(39)40-22-30(29-19-20-49-38(21-29)28-13-11-10-12-14-28)23-42-43(40)48(37)36-26-32(46(4,5)6)16-18-41(36)51-42;1-9-7-13(15-8-10(9)2)11-3-5-12(14)6-4-11;/h10-13,15-27H,1-9H3;3,5-8H,1-2H3;/q2*-1;. The first-order valence-corrected chi connectivity index (χ1v) is 23.8. The first-order valence-electron chi connectivity index (χ1n) is 23.0. The van der Waals surface area contributed by atoms with Gasteiger partial charge in [-0.3, -0.25) is 4.39 Å². The molecule has 6 aromatic carbocycles. The zero-order chi connectivity index (χ0) is 46.4. The monoisotopic (exact) mass is 1070 g/mol. The van der Waals surface area contributed by atoms with Gasteiger partial charge in [-0.15, -0.1) is 65.7 Å². The largest absolute Gasteiger partial charge is 0.310 e. The first-order chi connectivity index (χ1) is 31.3. The van der Waals surface area contributed by atoms with Crippen molar-refractivity contribution in [3.05, 3.63) is 179 Å². The molecule has 0 bridgehead atoms.